The van der Waals surface area contributed by atoms with E-state index >= 15 is 0 Å². The Bertz CT molecular complexity index is 411. The van der Waals surface area contributed by atoms with Gasteiger partial charge in [-0.15, -0.1) is 6.58 Å². The molecule has 0 heteroatoms. The normalized spacial score (nSPS) is 16.4. The standard InChI is InChI=1S/C19H28/c1-7-11-14-17(6)19(13-9-3)18(10-4)15-16(5)12-8-2/h8-15,18H,4,7H2,1-3,5-6H3. The minimum absolute atomic E-state index is 0.258. The van der Waals surface area contributed by atoms with Crippen molar-refractivity contribution in [1.29, 1.82) is 0 Å². The van der Waals surface area contributed by atoms with Crippen LogP contribution in [-0.2, 0) is 0 Å². The average Bonchev–Trinajstić information content (AvgIpc) is 2.40. The van der Waals surface area contributed by atoms with Gasteiger partial charge in [-0.25, -0.2) is 0 Å². The van der Waals surface area contributed by atoms with Crippen molar-refractivity contribution in [3.63, 3.8) is 0 Å². The molecule has 0 aliphatic carbocycles. The number of hydrogen-bond donors (Lipinski definition) is 0. The van der Waals surface area contributed by atoms with Crippen molar-refractivity contribution in [1.82, 2.24) is 0 Å². The van der Waals surface area contributed by atoms with E-state index in [-0.39, 0.29) is 5.92 Å². The fourth-order valence-corrected chi connectivity index (χ4v) is 1.96. The van der Waals surface area contributed by atoms with Gasteiger partial charge in [0.2, 0.25) is 0 Å². The molecular weight excluding hydrogens is 228 g/mol. The first kappa shape index (κ1) is 17.4. The van der Waals surface area contributed by atoms with Gasteiger partial charge in [0.1, 0.15) is 0 Å². The van der Waals surface area contributed by atoms with Crippen LogP contribution in [0.1, 0.15) is 41.0 Å². The third-order valence-corrected chi connectivity index (χ3v) is 2.89. The summed E-state index contributed by atoms with van der Waals surface area (Å²) in [6.07, 6.45) is 18.2. The van der Waals surface area contributed by atoms with Crippen LogP contribution in [0.2, 0.25) is 0 Å². The minimum atomic E-state index is 0.258. The molecule has 0 spiro atoms. The molecule has 0 heterocycles. The van der Waals surface area contributed by atoms with E-state index in [1.54, 1.807) is 0 Å². The Morgan fingerprint density at radius 1 is 1.05 bits per heavy atom. The first-order valence-corrected chi connectivity index (χ1v) is 7.04. The molecule has 0 aromatic heterocycles. The SMILES string of the molecule is C=CC(C=C(C)C=CC)C(C=CC)=C(C)C=CCC. The monoisotopic (exact) mass is 256 g/mol. The highest BCUT2D eigenvalue weighted by Crippen LogP contribution is 2.22. The number of allylic oxidation sites excluding steroid dienone is 11. The first-order chi connectivity index (χ1) is 9.10. The van der Waals surface area contributed by atoms with Crippen LogP contribution in [0, 0.1) is 5.92 Å². The van der Waals surface area contributed by atoms with E-state index in [1.807, 2.05) is 13.0 Å². The predicted molar refractivity (Wildman–Crippen MR) is 89.2 cm³/mol. The summed E-state index contributed by atoms with van der Waals surface area (Å²) in [6.45, 7) is 14.5. The summed E-state index contributed by atoms with van der Waals surface area (Å²) in [4.78, 5) is 0. The van der Waals surface area contributed by atoms with Gasteiger partial charge in [0.25, 0.3) is 0 Å². The lowest BCUT2D eigenvalue weighted by atomic mass is 9.92. The maximum absolute atomic E-state index is 3.98. The van der Waals surface area contributed by atoms with Gasteiger partial charge in [-0.3, -0.25) is 0 Å². The Morgan fingerprint density at radius 2 is 1.68 bits per heavy atom. The van der Waals surface area contributed by atoms with Crippen LogP contribution in [0.4, 0.5) is 0 Å². The Labute approximate surface area is 119 Å². The maximum Gasteiger partial charge on any atom is 0.0204 e. The Kier molecular flexibility index (Phi) is 9.52. The van der Waals surface area contributed by atoms with Gasteiger partial charge in [-0.1, -0.05) is 61.1 Å². The zero-order valence-corrected chi connectivity index (χ0v) is 13.1. The fourth-order valence-electron chi connectivity index (χ4n) is 1.96. The molecule has 104 valence electrons. The molecule has 0 N–H and O–H groups in total. The van der Waals surface area contributed by atoms with Crippen LogP contribution in [0.15, 0.2) is 71.9 Å². The highest BCUT2D eigenvalue weighted by molar-refractivity contribution is 5.39. The molecule has 0 saturated carbocycles. The van der Waals surface area contributed by atoms with Crippen molar-refractivity contribution in [3.05, 3.63) is 71.9 Å². The lowest BCUT2D eigenvalue weighted by molar-refractivity contribution is 0.977. The summed E-state index contributed by atoms with van der Waals surface area (Å²) in [7, 11) is 0. The maximum atomic E-state index is 3.98. The fraction of sp³-hybridized carbons (Fsp3) is 0.368. The Hall–Kier alpha value is -1.56. The summed E-state index contributed by atoms with van der Waals surface area (Å²) < 4.78 is 0. The molecule has 0 aliphatic rings. The quantitative estimate of drug-likeness (QED) is 0.377. The van der Waals surface area contributed by atoms with E-state index in [0.29, 0.717) is 0 Å². The van der Waals surface area contributed by atoms with E-state index in [0.717, 1.165) is 6.42 Å². The second kappa shape index (κ2) is 10.4. The Balaban J connectivity index is 5.52. The zero-order chi connectivity index (χ0) is 14.7. The summed E-state index contributed by atoms with van der Waals surface area (Å²) in [5, 5.41) is 0. The predicted octanol–water partition coefficient (Wildman–Crippen LogP) is 6.17. The molecule has 0 aromatic rings. The molecule has 1 atom stereocenters. The minimum Gasteiger partial charge on any atom is -0.102 e. The molecule has 0 bridgehead atoms. The van der Waals surface area contributed by atoms with Crippen LogP contribution >= 0.6 is 0 Å². The van der Waals surface area contributed by atoms with Crippen molar-refractivity contribution in [3.8, 4) is 0 Å². The molecule has 0 aromatic carbocycles. The molecule has 0 saturated heterocycles. The van der Waals surface area contributed by atoms with E-state index in [2.05, 4.69) is 76.8 Å². The second-order valence-corrected chi connectivity index (χ2v) is 4.62. The third kappa shape index (κ3) is 6.81. The van der Waals surface area contributed by atoms with Crippen molar-refractivity contribution in [2.75, 3.05) is 0 Å². The summed E-state index contributed by atoms with van der Waals surface area (Å²) in [6, 6.07) is 0. The zero-order valence-electron chi connectivity index (χ0n) is 13.1. The highest BCUT2D eigenvalue weighted by Gasteiger charge is 2.07. The Morgan fingerprint density at radius 3 is 2.16 bits per heavy atom. The largest absolute Gasteiger partial charge is 0.102 e. The van der Waals surface area contributed by atoms with E-state index in [4.69, 9.17) is 0 Å². The topological polar surface area (TPSA) is 0 Å². The molecular formula is C19H28. The molecule has 0 rings (SSSR count). The first-order valence-electron chi connectivity index (χ1n) is 7.04. The molecule has 0 amide bonds. The van der Waals surface area contributed by atoms with Crippen LogP contribution < -0.4 is 0 Å². The van der Waals surface area contributed by atoms with Crippen LogP contribution in [0.3, 0.4) is 0 Å². The third-order valence-electron chi connectivity index (χ3n) is 2.89. The van der Waals surface area contributed by atoms with Crippen molar-refractivity contribution in [2.45, 2.75) is 41.0 Å². The van der Waals surface area contributed by atoms with Gasteiger partial charge in [-0.2, -0.15) is 0 Å². The molecule has 0 fully saturated rings. The van der Waals surface area contributed by atoms with Crippen molar-refractivity contribution in [2.24, 2.45) is 5.92 Å². The lowest BCUT2D eigenvalue weighted by Gasteiger charge is -2.13. The van der Waals surface area contributed by atoms with E-state index in [9.17, 15) is 0 Å². The van der Waals surface area contributed by atoms with Crippen molar-refractivity contribution >= 4 is 0 Å². The van der Waals surface area contributed by atoms with Gasteiger partial charge >= 0.3 is 0 Å². The van der Waals surface area contributed by atoms with E-state index in [1.165, 1.54) is 16.7 Å². The highest BCUT2D eigenvalue weighted by atomic mass is 14.1. The molecule has 0 radical (unpaired) electrons. The van der Waals surface area contributed by atoms with Gasteiger partial charge in [-0.05, 0) is 45.3 Å². The summed E-state index contributed by atoms with van der Waals surface area (Å²) in [5.74, 6) is 0.258. The van der Waals surface area contributed by atoms with E-state index < -0.39 is 0 Å². The lowest BCUT2D eigenvalue weighted by Crippen LogP contribution is -1.98. The van der Waals surface area contributed by atoms with Gasteiger partial charge in [0.05, 0.1) is 0 Å². The van der Waals surface area contributed by atoms with Gasteiger partial charge in [0, 0.05) is 5.92 Å². The van der Waals surface area contributed by atoms with Gasteiger partial charge < -0.3 is 0 Å². The van der Waals surface area contributed by atoms with Gasteiger partial charge in [0.15, 0.2) is 0 Å². The molecule has 19 heavy (non-hydrogen) atoms. The summed E-state index contributed by atoms with van der Waals surface area (Å²) >= 11 is 0. The van der Waals surface area contributed by atoms with Crippen molar-refractivity contribution < 1.29 is 0 Å². The number of rotatable bonds is 7. The molecule has 0 aliphatic heterocycles. The molecule has 1 unspecified atom stereocenters. The average molecular weight is 256 g/mol. The van der Waals surface area contributed by atoms with Crippen LogP contribution in [-0.4, -0.2) is 0 Å². The molecule has 0 nitrogen and oxygen atoms in total. The smallest absolute Gasteiger partial charge is 0.0204 e. The number of hydrogen-bond acceptors (Lipinski definition) is 0. The second-order valence-electron chi connectivity index (χ2n) is 4.62. The van der Waals surface area contributed by atoms with Crippen LogP contribution in [0.25, 0.3) is 0 Å². The van der Waals surface area contributed by atoms with Crippen LogP contribution in [0.5, 0.6) is 0 Å². The summed E-state index contributed by atoms with van der Waals surface area (Å²) in [5.41, 5.74) is 3.88.